The predicted octanol–water partition coefficient (Wildman–Crippen LogP) is 2.71. The van der Waals surface area contributed by atoms with Crippen molar-refractivity contribution in [2.75, 3.05) is 0 Å². The highest BCUT2D eigenvalue weighted by Gasteiger charge is 1.94. The molecule has 1 aromatic rings. The van der Waals surface area contributed by atoms with E-state index in [0.717, 1.165) is 5.56 Å². The van der Waals surface area contributed by atoms with Crippen molar-refractivity contribution in [2.45, 2.75) is 0 Å². The number of benzene rings is 1. The van der Waals surface area contributed by atoms with Crippen LogP contribution in [0, 0.1) is 0 Å². The molecule has 0 fully saturated rings. The molecular weight excluding hydrogens is 192 g/mol. The molecule has 0 aromatic heterocycles. The summed E-state index contributed by atoms with van der Waals surface area (Å²) in [6.07, 6.45) is 1.68. The lowest BCUT2D eigenvalue weighted by Gasteiger charge is -1.99. The van der Waals surface area contributed by atoms with Crippen molar-refractivity contribution < 1.29 is 8.37 Å². The summed E-state index contributed by atoms with van der Waals surface area (Å²) in [6, 6.07) is 9.60. The molecule has 0 aliphatic heterocycles. The molecule has 0 saturated carbocycles. The lowest BCUT2D eigenvalue weighted by atomic mass is 10.2. The maximum Gasteiger partial charge on any atom is 0.304 e. The van der Waals surface area contributed by atoms with Crippen LogP contribution in [0.3, 0.4) is 0 Å². The molecule has 64 valence electrons. The summed E-state index contributed by atoms with van der Waals surface area (Å²) >= 11 is 7.17. The Morgan fingerprint density at radius 1 is 1.08 bits per heavy atom. The van der Waals surface area contributed by atoms with E-state index in [1.807, 2.05) is 30.3 Å². The first kappa shape index (κ1) is 9.35. The van der Waals surface area contributed by atoms with E-state index >= 15 is 0 Å². The first-order valence-electron chi connectivity index (χ1n) is 3.26. The van der Waals surface area contributed by atoms with Crippen molar-refractivity contribution in [1.82, 2.24) is 0 Å². The quantitative estimate of drug-likeness (QED) is 0.444. The summed E-state index contributed by atoms with van der Waals surface area (Å²) in [5, 5.41) is 0. The molecule has 0 saturated heterocycles. The fourth-order valence-corrected chi connectivity index (χ4v) is 0.993. The van der Waals surface area contributed by atoms with Crippen molar-refractivity contribution >= 4 is 31.9 Å². The van der Waals surface area contributed by atoms with Gasteiger partial charge in [0.2, 0.25) is 0 Å². The van der Waals surface area contributed by atoms with Crippen molar-refractivity contribution in [2.24, 2.45) is 0 Å². The van der Waals surface area contributed by atoms with Crippen molar-refractivity contribution in [1.29, 1.82) is 0 Å². The van der Waals surface area contributed by atoms with Crippen LogP contribution in [0.25, 0.3) is 6.08 Å². The molecule has 0 aliphatic rings. The lowest BCUT2D eigenvalue weighted by Crippen LogP contribution is -1.81. The largest absolute Gasteiger partial charge is 0.394 e. The van der Waals surface area contributed by atoms with Crippen LogP contribution in [0.1, 0.15) is 5.56 Å². The topological polar surface area (TPSA) is 18.5 Å². The normalized spacial score (nSPS) is 8.83. The first-order chi connectivity index (χ1) is 5.86. The van der Waals surface area contributed by atoms with Crippen LogP contribution >= 0.6 is 25.8 Å². The highest BCUT2D eigenvalue weighted by molar-refractivity contribution is 7.75. The number of hydrogen-bond donors (Lipinski definition) is 2. The van der Waals surface area contributed by atoms with E-state index in [9.17, 15) is 0 Å². The molecule has 0 unspecified atom stereocenters. The highest BCUT2D eigenvalue weighted by Crippen LogP contribution is 2.11. The lowest BCUT2D eigenvalue weighted by molar-refractivity contribution is 0.299. The van der Waals surface area contributed by atoms with Crippen molar-refractivity contribution in [3.05, 3.63) is 41.8 Å². The first-order valence-corrected chi connectivity index (χ1v) is 3.99. The van der Waals surface area contributed by atoms with E-state index in [-0.39, 0.29) is 5.95 Å². The summed E-state index contributed by atoms with van der Waals surface area (Å²) < 4.78 is 9.12. The zero-order chi connectivity index (χ0) is 8.81. The van der Waals surface area contributed by atoms with Gasteiger partial charge in [0, 0.05) is 31.9 Å². The summed E-state index contributed by atoms with van der Waals surface area (Å²) in [6.45, 7) is 0. The molecule has 0 spiro atoms. The van der Waals surface area contributed by atoms with E-state index < -0.39 is 0 Å². The second-order valence-electron chi connectivity index (χ2n) is 2.06. The molecule has 0 radical (unpaired) electrons. The Kier molecular flexibility index (Phi) is 3.90. The Morgan fingerprint density at radius 3 is 2.17 bits per heavy atom. The Balaban J connectivity index is 2.79. The van der Waals surface area contributed by atoms with Crippen molar-refractivity contribution in [3.8, 4) is 0 Å². The summed E-state index contributed by atoms with van der Waals surface area (Å²) in [7, 11) is 0. The molecule has 12 heavy (non-hydrogen) atoms. The van der Waals surface area contributed by atoms with Gasteiger partial charge in [0.05, 0.1) is 0 Å². The van der Waals surface area contributed by atoms with Crippen LogP contribution in [0.4, 0.5) is 0 Å². The van der Waals surface area contributed by atoms with Gasteiger partial charge in [-0.05, 0) is 5.56 Å². The van der Waals surface area contributed by atoms with Crippen LogP contribution in [0.15, 0.2) is 36.3 Å². The minimum Gasteiger partial charge on any atom is -0.394 e. The Bertz CT molecular complexity index is 253. The van der Waals surface area contributed by atoms with Crippen LogP contribution in [0.5, 0.6) is 0 Å². The van der Waals surface area contributed by atoms with Crippen LogP contribution in [-0.4, -0.2) is 0 Å². The Hall–Kier alpha value is -0.740. The van der Waals surface area contributed by atoms with E-state index in [1.165, 1.54) is 0 Å². The third-order valence-corrected chi connectivity index (χ3v) is 1.62. The number of thiol groups is 2. The van der Waals surface area contributed by atoms with Crippen LogP contribution in [-0.2, 0) is 8.37 Å². The highest BCUT2D eigenvalue weighted by atomic mass is 32.1. The summed E-state index contributed by atoms with van der Waals surface area (Å²) in [5.41, 5.74) is 0.968. The van der Waals surface area contributed by atoms with Gasteiger partial charge in [0.15, 0.2) is 0 Å². The zero-order valence-corrected chi connectivity index (χ0v) is 7.96. The van der Waals surface area contributed by atoms with E-state index in [2.05, 4.69) is 34.2 Å². The van der Waals surface area contributed by atoms with Gasteiger partial charge in [-0.1, -0.05) is 30.3 Å². The molecule has 0 bridgehead atoms. The molecule has 0 amide bonds. The predicted molar refractivity (Wildman–Crippen MR) is 54.6 cm³/mol. The third-order valence-electron chi connectivity index (χ3n) is 1.26. The fraction of sp³-hybridized carbons (Fsp3) is 0. The molecule has 2 nitrogen and oxygen atoms in total. The summed E-state index contributed by atoms with van der Waals surface area (Å²) in [4.78, 5) is 0. The molecule has 0 N–H and O–H groups in total. The van der Waals surface area contributed by atoms with E-state index in [4.69, 9.17) is 0 Å². The van der Waals surface area contributed by atoms with Gasteiger partial charge in [0.1, 0.15) is 0 Å². The molecule has 1 rings (SSSR count). The Labute approximate surface area is 82.4 Å². The van der Waals surface area contributed by atoms with E-state index in [0.29, 0.717) is 0 Å². The SMILES string of the molecule is SOC(=Cc1ccccc1)OS. The van der Waals surface area contributed by atoms with Crippen LogP contribution in [0.2, 0.25) is 0 Å². The minimum absolute atomic E-state index is 0.243. The van der Waals surface area contributed by atoms with Gasteiger partial charge in [0.25, 0.3) is 0 Å². The van der Waals surface area contributed by atoms with Gasteiger partial charge in [-0.2, -0.15) is 0 Å². The standard InChI is InChI=1S/C8H8O2S2/c11-9-8(10-12)6-7-4-2-1-3-5-7/h1-6,11-12H. The summed E-state index contributed by atoms with van der Waals surface area (Å²) in [5.74, 6) is 0.243. The Morgan fingerprint density at radius 2 is 1.67 bits per heavy atom. The average Bonchev–Trinajstić information content (AvgIpc) is 2.16. The minimum atomic E-state index is 0.243. The van der Waals surface area contributed by atoms with Gasteiger partial charge in [-0.3, -0.25) is 0 Å². The van der Waals surface area contributed by atoms with Gasteiger partial charge in [-0.25, -0.2) is 0 Å². The maximum atomic E-state index is 4.56. The van der Waals surface area contributed by atoms with Gasteiger partial charge < -0.3 is 8.37 Å². The molecule has 0 atom stereocenters. The smallest absolute Gasteiger partial charge is 0.304 e. The molecule has 4 heteroatoms. The van der Waals surface area contributed by atoms with Gasteiger partial charge >= 0.3 is 5.95 Å². The monoisotopic (exact) mass is 200 g/mol. The van der Waals surface area contributed by atoms with Crippen LogP contribution < -0.4 is 0 Å². The average molecular weight is 200 g/mol. The van der Waals surface area contributed by atoms with E-state index in [1.54, 1.807) is 6.08 Å². The molecule has 0 heterocycles. The van der Waals surface area contributed by atoms with Crippen molar-refractivity contribution in [3.63, 3.8) is 0 Å². The molecule has 1 aromatic carbocycles. The maximum absolute atomic E-state index is 4.56. The molecular formula is C8H8O2S2. The number of rotatable bonds is 3. The molecule has 0 aliphatic carbocycles. The zero-order valence-electron chi connectivity index (χ0n) is 6.18. The number of hydrogen-bond acceptors (Lipinski definition) is 4. The third kappa shape index (κ3) is 2.71. The second kappa shape index (κ2) is 5.00. The fourth-order valence-electron chi connectivity index (χ4n) is 0.755. The van der Waals surface area contributed by atoms with Gasteiger partial charge in [-0.15, -0.1) is 0 Å². The second-order valence-corrected chi connectivity index (χ2v) is 2.42.